The highest BCUT2D eigenvalue weighted by molar-refractivity contribution is 5.95. The minimum atomic E-state index is -0.289. The molecule has 0 unspecified atom stereocenters. The zero-order chi connectivity index (χ0) is 22.4. The standard InChI is InChI=1S/C25H29FN4O2/c1-29(2)24(31)14-30-12-16-8-15(9-17(16)13-30)22-11-21-19(6-7-27-25(21)28-22)20-10-18(26)4-5-23(20)32-3/h4-7,10-11,15-17H,8-9,12-14H2,1-3H3,(H,27,28)/t15-,16+,17-. The Morgan fingerprint density at radius 2 is 1.94 bits per heavy atom. The topological polar surface area (TPSA) is 61.5 Å². The van der Waals surface area contributed by atoms with E-state index in [0.29, 0.717) is 30.0 Å². The number of amides is 1. The van der Waals surface area contributed by atoms with Gasteiger partial charge in [-0.15, -0.1) is 0 Å². The number of likely N-dealkylation sites (N-methyl/N-ethyl adjacent to an activating group) is 1. The van der Waals surface area contributed by atoms with Crippen LogP contribution in [0.5, 0.6) is 5.75 Å². The number of benzene rings is 1. The van der Waals surface area contributed by atoms with Crippen molar-refractivity contribution in [1.82, 2.24) is 19.8 Å². The third kappa shape index (κ3) is 3.75. The zero-order valence-electron chi connectivity index (χ0n) is 18.8. The van der Waals surface area contributed by atoms with E-state index in [1.165, 1.54) is 17.8 Å². The van der Waals surface area contributed by atoms with Crippen LogP contribution in [0, 0.1) is 17.7 Å². The van der Waals surface area contributed by atoms with Crippen LogP contribution >= 0.6 is 0 Å². The maximum absolute atomic E-state index is 14.0. The summed E-state index contributed by atoms with van der Waals surface area (Å²) in [5, 5.41) is 0.988. The van der Waals surface area contributed by atoms with Gasteiger partial charge in [-0.3, -0.25) is 9.69 Å². The summed E-state index contributed by atoms with van der Waals surface area (Å²) >= 11 is 0. The lowest BCUT2D eigenvalue weighted by molar-refractivity contribution is -0.129. The number of halogens is 1. The van der Waals surface area contributed by atoms with E-state index >= 15 is 0 Å². The van der Waals surface area contributed by atoms with Crippen molar-refractivity contribution in [3.05, 3.63) is 48.0 Å². The van der Waals surface area contributed by atoms with E-state index in [1.54, 1.807) is 24.3 Å². The summed E-state index contributed by atoms with van der Waals surface area (Å²) in [4.78, 5) is 24.1. The van der Waals surface area contributed by atoms with Crippen LogP contribution in [0.15, 0.2) is 36.5 Å². The Morgan fingerprint density at radius 1 is 1.19 bits per heavy atom. The molecule has 0 radical (unpaired) electrons. The molecule has 1 N–H and O–H groups in total. The average Bonchev–Trinajstić information content (AvgIpc) is 3.45. The quantitative estimate of drug-likeness (QED) is 0.659. The third-order valence-corrected chi connectivity index (χ3v) is 7.13. The number of carbonyl (C=O) groups excluding carboxylic acids is 1. The van der Waals surface area contributed by atoms with Crippen molar-refractivity contribution in [2.45, 2.75) is 18.8 Å². The van der Waals surface area contributed by atoms with Gasteiger partial charge >= 0.3 is 0 Å². The number of hydrogen-bond acceptors (Lipinski definition) is 4. The summed E-state index contributed by atoms with van der Waals surface area (Å²) in [5.41, 5.74) is 3.66. The number of pyridine rings is 1. The van der Waals surface area contributed by atoms with E-state index in [9.17, 15) is 9.18 Å². The van der Waals surface area contributed by atoms with Gasteiger partial charge in [0.2, 0.25) is 5.91 Å². The first-order valence-corrected chi connectivity index (χ1v) is 11.2. The number of aromatic amines is 1. The van der Waals surface area contributed by atoms with E-state index < -0.39 is 0 Å². The Morgan fingerprint density at radius 3 is 2.62 bits per heavy atom. The summed E-state index contributed by atoms with van der Waals surface area (Å²) in [6.07, 6.45) is 3.98. The number of nitrogens with zero attached hydrogens (tertiary/aromatic N) is 3. The average molecular weight is 437 g/mol. The molecule has 1 saturated carbocycles. The van der Waals surface area contributed by atoms with E-state index in [1.807, 2.05) is 20.2 Å². The molecule has 0 bridgehead atoms. The van der Waals surface area contributed by atoms with Crippen LogP contribution in [-0.2, 0) is 4.79 Å². The summed E-state index contributed by atoms with van der Waals surface area (Å²) in [7, 11) is 5.23. The normalized spacial score (nSPS) is 22.9. The van der Waals surface area contributed by atoms with Crippen LogP contribution in [0.1, 0.15) is 24.5 Å². The summed E-state index contributed by atoms with van der Waals surface area (Å²) in [6.45, 7) is 2.50. The molecule has 2 aliphatic rings. The van der Waals surface area contributed by atoms with Gasteiger partial charge in [-0.2, -0.15) is 0 Å². The fraction of sp³-hybridized carbons (Fsp3) is 0.440. The van der Waals surface area contributed by atoms with Gasteiger partial charge < -0.3 is 14.6 Å². The summed E-state index contributed by atoms with van der Waals surface area (Å²) in [6, 6.07) is 8.69. The maximum Gasteiger partial charge on any atom is 0.236 e. The molecular formula is C25H29FN4O2. The van der Waals surface area contributed by atoms with Gasteiger partial charge in [0.25, 0.3) is 0 Å². The second-order valence-electron chi connectivity index (χ2n) is 9.36. The Bertz CT molecular complexity index is 1140. The van der Waals surface area contributed by atoms with E-state index in [0.717, 1.165) is 48.1 Å². The van der Waals surface area contributed by atoms with Gasteiger partial charge in [-0.05, 0) is 66.5 Å². The van der Waals surface area contributed by atoms with Crippen molar-refractivity contribution < 1.29 is 13.9 Å². The number of likely N-dealkylation sites (tertiary alicyclic amines) is 1. The van der Waals surface area contributed by atoms with Crippen molar-refractivity contribution in [2.24, 2.45) is 11.8 Å². The van der Waals surface area contributed by atoms with Crippen molar-refractivity contribution in [3.63, 3.8) is 0 Å². The summed E-state index contributed by atoms with van der Waals surface area (Å²) < 4.78 is 19.5. The molecule has 2 aromatic heterocycles. The minimum Gasteiger partial charge on any atom is -0.496 e. The van der Waals surface area contributed by atoms with Gasteiger partial charge in [0, 0.05) is 50.0 Å². The SMILES string of the molecule is COc1ccc(F)cc1-c1ccnc2[nH]c([C@H]3C[C@@H]4CN(CC(=O)N(C)C)C[C@@H]4C3)cc12. The number of ether oxygens (including phenoxy) is 1. The predicted octanol–water partition coefficient (Wildman–Crippen LogP) is 3.89. The highest BCUT2D eigenvalue weighted by atomic mass is 19.1. The molecule has 2 fully saturated rings. The number of nitrogens with one attached hydrogen (secondary N) is 1. The molecule has 1 aliphatic heterocycles. The lowest BCUT2D eigenvalue weighted by Gasteiger charge is -2.20. The largest absolute Gasteiger partial charge is 0.496 e. The molecule has 32 heavy (non-hydrogen) atoms. The number of fused-ring (bicyclic) bond motifs is 2. The van der Waals surface area contributed by atoms with Crippen LogP contribution < -0.4 is 4.74 Å². The van der Waals surface area contributed by atoms with E-state index in [-0.39, 0.29) is 11.7 Å². The lowest BCUT2D eigenvalue weighted by atomic mass is 9.99. The van der Waals surface area contributed by atoms with Gasteiger partial charge in [-0.25, -0.2) is 9.37 Å². The molecule has 3 heterocycles. The smallest absolute Gasteiger partial charge is 0.236 e. The fourth-order valence-corrected chi connectivity index (χ4v) is 5.51. The van der Waals surface area contributed by atoms with E-state index in [4.69, 9.17) is 4.74 Å². The number of carbonyl (C=O) groups is 1. The molecule has 6 nitrogen and oxygen atoms in total. The Kier molecular flexibility index (Phi) is 5.37. The van der Waals surface area contributed by atoms with Crippen molar-refractivity contribution >= 4 is 16.9 Å². The first-order chi connectivity index (χ1) is 15.4. The fourth-order valence-electron chi connectivity index (χ4n) is 5.51. The van der Waals surface area contributed by atoms with E-state index in [2.05, 4.69) is 20.9 Å². The third-order valence-electron chi connectivity index (χ3n) is 7.13. The van der Waals surface area contributed by atoms with Crippen LogP contribution in [0.3, 0.4) is 0 Å². The zero-order valence-corrected chi connectivity index (χ0v) is 18.8. The monoisotopic (exact) mass is 436 g/mol. The van der Waals surface area contributed by atoms with Gasteiger partial charge in [0.15, 0.2) is 0 Å². The molecule has 1 aliphatic carbocycles. The highest BCUT2D eigenvalue weighted by Gasteiger charge is 2.42. The molecule has 1 saturated heterocycles. The first-order valence-electron chi connectivity index (χ1n) is 11.2. The predicted molar refractivity (Wildman–Crippen MR) is 122 cm³/mol. The molecule has 1 amide bonds. The number of hydrogen-bond donors (Lipinski definition) is 1. The number of H-pyrrole nitrogens is 1. The molecule has 3 atom stereocenters. The summed E-state index contributed by atoms with van der Waals surface area (Å²) in [5.74, 6) is 2.22. The van der Waals surface area contributed by atoms with Crippen LogP contribution in [0.25, 0.3) is 22.2 Å². The van der Waals surface area contributed by atoms with Crippen molar-refractivity contribution in [3.8, 4) is 16.9 Å². The molecule has 0 spiro atoms. The van der Waals surface area contributed by atoms with Gasteiger partial charge in [0.1, 0.15) is 17.2 Å². The number of methoxy groups -OCH3 is 1. The Labute approximate surface area is 187 Å². The molecule has 168 valence electrons. The number of rotatable bonds is 5. The second-order valence-corrected chi connectivity index (χ2v) is 9.36. The number of aromatic nitrogens is 2. The molecular weight excluding hydrogens is 407 g/mol. The Balaban J connectivity index is 1.37. The minimum absolute atomic E-state index is 0.170. The lowest BCUT2D eigenvalue weighted by Crippen LogP contribution is -2.35. The second kappa shape index (κ2) is 8.20. The van der Waals surface area contributed by atoms with Crippen molar-refractivity contribution in [1.29, 1.82) is 0 Å². The maximum atomic E-state index is 14.0. The molecule has 3 aromatic rings. The Hall–Kier alpha value is -2.93. The van der Waals surface area contributed by atoms with Crippen LogP contribution in [0.4, 0.5) is 4.39 Å². The molecule has 7 heteroatoms. The molecule has 5 rings (SSSR count). The van der Waals surface area contributed by atoms with Crippen LogP contribution in [0.2, 0.25) is 0 Å². The molecule has 1 aromatic carbocycles. The van der Waals surface area contributed by atoms with Gasteiger partial charge in [0.05, 0.1) is 13.7 Å². The highest BCUT2D eigenvalue weighted by Crippen LogP contribution is 2.47. The van der Waals surface area contributed by atoms with Crippen LogP contribution in [-0.4, -0.2) is 66.5 Å². The first kappa shape index (κ1) is 20.9. The van der Waals surface area contributed by atoms with Crippen molar-refractivity contribution in [2.75, 3.05) is 40.8 Å². The van der Waals surface area contributed by atoms with Gasteiger partial charge in [-0.1, -0.05) is 0 Å².